The van der Waals surface area contributed by atoms with Gasteiger partial charge in [0.15, 0.2) is 0 Å². The van der Waals surface area contributed by atoms with Crippen LogP contribution in [0.5, 0.6) is 0 Å². The maximum atomic E-state index is 12.3. The minimum Gasteiger partial charge on any atom is -0.264 e. The molecule has 2 aromatic rings. The van der Waals surface area contributed by atoms with E-state index in [1.807, 2.05) is 26.8 Å². The van der Waals surface area contributed by atoms with Crippen molar-refractivity contribution in [3.05, 3.63) is 47.1 Å². The average molecular weight is 296 g/mol. The summed E-state index contributed by atoms with van der Waals surface area (Å²) in [5.74, 6) is 0. The molecular weight excluding hydrogens is 280 g/mol. The van der Waals surface area contributed by atoms with Gasteiger partial charge in [0.05, 0.1) is 5.54 Å². The van der Waals surface area contributed by atoms with Gasteiger partial charge < -0.3 is 0 Å². The van der Waals surface area contributed by atoms with Gasteiger partial charge in [-0.1, -0.05) is 6.07 Å². The second-order valence-electron chi connectivity index (χ2n) is 4.84. The molecule has 0 radical (unpaired) electrons. The largest absolute Gasteiger partial charge is 0.264 e. The highest BCUT2D eigenvalue weighted by Gasteiger charge is 2.28. The maximum absolute atomic E-state index is 12.3. The number of sulfonamides is 1. The summed E-state index contributed by atoms with van der Waals surface area (Å²) in [6, 6.07) is 7.08. The zero-order chi connectivity index (χ0) is 14.1. The number of nitrogens with zero attached hydrogens (tertiary/aromatic N) is 1. The van der Waals surface area contributed by atoms with Gasteiger partial charge in [0.1, 0.15) is 4.21 Å². The summed E-state index contributed by atoms with van der Waals surface area (Å²) in [7, 11) is -3.50. The Morgan fingerprint density at radius 3 is 2.53 bits per heavy atom. The van der Waals surface area contributed by atoms with Crippen molar-refractivity contribution in [2.75, 3.05) is 0 Å². The molecule has 0 unspecified atom stereocenters. The lowest BCUT2D eigenvalue weighted by atomic mass is 9.98. The zero-order valence-corrected chi connectivity index (χ0v) is 12.7. The van der Waals surface area contributed by atoms with Crippen molar-refractivity contribution >= 4 is 21.4 Å². The Balaban J connectivity index is 2.30. The quantitative estimate of drug-likeness (QED) is 0.943. The van der Waals surface area contributed by atoms with Crippen LogP contribution in [0.2, 0.25) is 0 Å². The lowest BCUT2D eigenvalue weighted by Gasteiger charge is -2.25. The Morgan fingerprint density at radius 2 is 2.00 bits per heavy atom. The molecule has 2 rings (SSSR count). The lowest BCUT2D eigenvalue weighted by Crippen LogP contribution is -2.40. The Hall–Kier alpha value is -1.24. The minimum absolute atomic E-state index is 0.335. The van der Waals surface area contributed by atoms with Crippen LogP contribution in [-0.4, -0.2) is 13.4 Å². The highest BCUT2D eigenvalue weighted by Crippen LogP contribution is 2.25. The van der Waals surface area contributed by atoms with Crippen LogP contribution in [0.4, 0.5) is 0 Å². The predicted octanol–water partition coefficient (Wildman–Crippen LogP) is 2.67. The normalized spacial score (nSPS) is 12.6. The second kappa shape index (κ2) is 5.03. The first kappa shape index (κ1) is 14.2. The fourth-order valence-electron chi connectivity index (χ4n) is 1.73. The fraction of sp³-hybridized carbons (Fsp3) is 0.308. The first-order valence-corrected chi connectivity index (χ1v) is 8.12. The van der Waals surface area contributed by atoms with Crippen molar-refractivity contribution in [1.29, 1.82) is 0 Å². The van der Waals surface area contributed by atoms with E-state index in [0.29, 0.717) is 4.21 Å². The van der Waals surface area contributed by atoms with Gasteiger partial charge in [-0.2, -0.15) is 0 Å². The lowest BCUT2D eigenvalue weighted by molar-refractivity contribution is 0.471. The van der Waals surface area contributed by atoms with Crippen molar-refractivity contribution in [3.8, 4) is 0 Å². The molecule has 0 bridgehead atoms. The molecule has 0 fully saturated rings. The number of hydrogen-bond acceptors (Lipinski definition) is 4. The van der Waals surface area contributed by atoms with Crippen LogP contribution in [0.25, 0.3) is 0 Å². The van der Waals surface area contributed by atoms with Crippen LogP contribution < -0.4 is 4.72 Å². The number of pyridine rings is 1. The summed E-state index contributed by atoms with van der Waals surface area (Å²) in [5, 5.41) is 0. The van der Waals surface area contributed by atoms with Crippen LogP contribution in [0.15, 0.2) is 40.9 Å². The number of hydrogen-bond donors (Lipinski definition) is 1. The van der Waals surface area contributed by atoms with Gasteiger partial charge >= 0.3 is 0 Å². The molecule has 0 atom stereocenters. The van der Waals surface area contributed by atoms with Gasteiger partial charge in [0.25, 0.3) is 10.0 Å². The van der Waals surface area contributed by atoms with E-state index in [-0.39, 0.29) is 0 Å². The zero-order valence-electron chi connectivity index (χ0n) is 11.0. The van der Waals surface area contributed by atoms with E-state index in [1.54, 1.807) is 30.6 Å². The van der Waals surface area contributed by atoms with Gasteiger partial charge in [-0.05, 0) is 44.5 Å². The molecule has 0 aromatic carbocycles. The molecule has 19 heavy (non-hydrogen) atoms. The standard InChI is InChI=1S/C13H16N2O2S2/c1-10-6-7-12(18-10)19(16,17)15-13(2,3)11-5-4-8-14-9-11/h4-9,15H,1-3H3. The van der Waals surface area contributed by atoms with Crippen molar-refractivity contribution in [3.63, 3.8) is 0 Å². The van der Waals surface area contributed by atoms with Gasteiger partial charge in [-0.25, -0.2) is 13.1 Å². The third-order valence-electron chi connectivity index (χ3n) is 2.75. The first-order chi connectivity index (χ1) is 8.81. The van der Waals surface area contributed by atoms with Crippen molar-refractivity contribution in [2.45, 2.75) is 30.5 Å². The topological polar surface area (TPSA) is 59.1 Å². The van der Waals surface area contributed by atoms with Crippen molar-refractivity contribution < 1.29 is 8.42 Å². The monoisotopic (exact) mass is 296 g/mol. The van der Waals surface area contributed by atoms with Crippen LogP contribution in [0.1, 0.15) is 24.3 Å². The molecule has 0 spiro atoms. The number of aromatic nitrogens is 1. The van der Waals surface area contributed by atoms with Crippen LogP contribution in [0, 0.1) is 6.92 Å². The minimum atomic E-state index is -3.50. The molecule has 0 saturated heterocycles. The third-order valence-corrected chi connectivity index (χ3v) is 5.90. The van der Waals surface area contributed by atoms with Crippen LogP contribution in [0.3, 0.4) is 0 Å². The Kier molecular flexibility index (Phi) is 3.75. The number of nitrogens with one attached hydrogen (secondary N) is 1. The Morgan fingerprint density at radius 1 is 1.26 bits per heavy atom. The fourth-order valence-corrected chi connectivity index (χ4v) is 4.42. The summed E-state index contributed by atoms with van der Waals surface area (Å²) in [4.78, 5) is 5.00. The molecule has 6 heteroatoms. The van der Waals surface area contributed by atoms with Crippen molar-refractivity contribution in [2.24, 2.45) is 0 Å². The molecule has 2 heterocycles. The molecular formula is C13H16N2O2S2. The first-order valence-electron chi connectivity index (χ1n) is 5.82. The highest BCUT2D eigenvalue weighted by molar-refractivity contribution is 7.91. The summed E-state index contributed by atoms with van der Waals surface area (Å²) in [6.45, 7) is 5.53. The maximum Gasteiger partial charge on any atom is 0.250 e. The van der Waals surface area contributed by atoms with Gasteiger partial charge in [0, 0.05) is 17.3 Å². The number of thiophene rings is 1. The smallest absolute Gasteiger partial charge is 0.250 e. The third kappa shape index (κ3) is 3.20. The summed E-state index contributed by atoms with van der Waals surface area (Å²) >= 11 is 1.26. The molecule has 0 saturated carbocycles. The number of rotatable bonds is 4. The van der Waals surface area contributed by atoms with E-state index in [4.69, 9.17) is 0 Å². The summed E-state index contributed by atoms with van der Waals surface area (Å²) in [6.07, 6.45) is 3.33. The van der Waals surface area contributed by atoms with E-state index in [2.05, 4.69) is 9.71 Å². The molecule has 0 aliphatic heterocycles. The second-order valence-corrected chi connectivity index (χ2v) is 8.03. The van der Waals surface area contributed by atoms with E-state index in [9.17, 15) is 8.42 Å². The van der Waals surface area contributed by atoms with Crippen molar-refractivity contribution in [1.82, 2.24) is 9.71 Å². The van der Waals surface area contributed by atoms with E-state index >= 15 is 0 Å². The van der Waals surface area contributed by atoms with E-state index in [0.717, 1.165) is 10.4 Å². The summed E-state index contributed by atoms with van der Waals surface area (Å²) < 4.78 is 27.7. The molecule has 0 aliphatic carbocycles. The number of aryl methyl sites for hydroxylation is 1. The molecule has 1 N–H and O–H groups in total. The molecule has 2 aromatic heterocycles. The van der Waals surface area contributed by atoms with E-state index in [1.165, 1.54) is 11.3 Å². The SMILES string of the molecule is Cc1ccc(S(=O)(=O)NC(C)(C)c2cccnc2)s1. The molecule has 4 nitrogen and oxygen atoms in total. The van der Waals surface area contributed by atoms with Crippen LogP contribution >= 0.6 is 11.3 Å². The Labute approximate surface area is 117 Å². The highest BCUT2D eigenvalue weighted by atomic mass is 32.2. The molecule has 102 valence electrons. The van der Waals surface area contributed by atoms with Gasteiger partial charge in [-0.15, -0.1) is 11.3 Å². The molecule has 0 amide bonds. The summed E-state index contributed by atoms with van der Waals surface area (Å²) in [5.41, 5.74) is 0.122. The Bertz CT molecular complexity index is 661. The van der Waals surface area contributed by atoms with Crippen LogP contribution in [-0.2, 0) is 15.6 Å². The van der Waals surface area contributed by atoms with Gasteiger partial charge in [0.2, 0.25) is 0 Å². The van der Waals surface area contributed by atoms with Gasteiger partial charge in [-0.3, -0.25) is 4.98 Å². The average Bonchev–Trinajstić information content (AvgIpc) is 2.77. The van der Waals surface area contributed by atoms with E-state index < -0.39 is 15.6 Å². The molecule has 0 aliphatic rings. The predicted molar refractivity (Wildman–Crippen MR) is 76.6 cm³/mol.